The molecule has 0 saturated carbocycles. The zero-order chi connectivity index (χ0) is 24.8. The fraction of sp³-hybridized carbons (Fsp3) is 0.406. The Bertz CT molecular complexity index is 1120. The average Bonchev–Trinajstić information content (AvgIpc) is 2.87. The number of hydrogen-bond donors (Lipinski definition) is 1. The van der Waals surface area contributed by atoms with Gasteiger partial charge in [-0.25, -0.2) is 0 Å². The molecule has 3 unspecified atom stereocenters. The summed E-state index contributed by atoms with van der Waals surface area (Å²) in [7, 11) is 0. The van der Waals surface area contributed by atoms with Gasteiger partial charge in [0.25, 0.3) is 5.91 Å². The van der Waals surface area contributed by atoms with Crippen LogP contribution in [0.25, 0.3) is 0 Å². The van der Waals surface area contributed by atoms with Crippen LogP contribution in [0, 0.1) is 13.8 Å². The molecule has 0 aromatic heterocycles. The van der Waals surface area contributed by atoms with Crippen molar-refractivity contribution in [2.24, 2.45) is 0 Å². The second-order valence-corrected chi connectivity index (χ2v) is 10.4. The van der Waals surface area contributed by atoms with Gasteiger partial charge in [-0.2, -0.15) is 0 Å². The molecule has 3 aromatic rings. The third-order valence-corrected chi connectivity index (χ3v) is 7.99. The van der Waals surface area contributed by atoms with Crippen LogP contribution in [0.3, 0.4) is 0 Å². The van der Waals surface area contributed by atoms with Crippen LogP contribution in [0.5, 0.6) is 0 Å². The molecule has 1 aliphatic rings. The minimum Gasteiger partial charge on any atom is -0.320 e. The summed E-state index contributed by atoms with van der Waals surface area (Å²) < 4.78 is 0.819. The highest BCUT2D eigenvalue weighted by Gasteiger charge is 2.45. The van der Waals surface area contributed by atoms with Crippen molar-refractivity contribution >= 4 is 11.6 Å². The van der Waals surface area contributed by atoms with Gasteiger partial charge in [0.1, 0.15) is 6.54 Å². The molecule has 3 atom stereocenters. The highest BCUT2D eigenvalue weighted by Crippen LogP contribution is 2.36. The average molecular weight is 470 g/mol. The lowest BCUT2D eigenvalue weighted by molar-refractivity contribution is -0.960. The maximum Gasteiger partial charge on any atom is 0.282 e. The molecule has 3 nitrogen and oxygen atoms in total. The Morgan fingerprint density at radius 1 is 0.943 bits per heavy atom. The van der Waals surface area contributed by atoms with Crippen LogP contribution >= 0.6 is 0 Å². The number of carbonyl (C=O) groups excluding carboxylic acids is 1. The van der Waals surface area contributed by atoms with E-state index in [0.29, 0.717) is 5.92 Å². The van der Waals surface area contributed by atoms with E-state index in [9.17, 15) is 4.79 Å². The number of likely N-dealkylation sites (tertiary alicyclic amines) is 1. The number of hydrogen-bond acceptors (Lipinski definition) is 1. The molecule has 0 radical (unpaired) electrons. The fourth-order valence-electron chi connectivity index (χ4n) is 6.16. The molecule has 0 aliphatic carbocycles. The number of nitrogens with zero attached hydrogens (tertiary/aromatic N) is 1. The number of anilines is 1. The Kier molecular flexibility index (Phi) is 8.07. The van der Waals surface area contributed by atoms with Gasteiger partial charge in [0, 0.05) is 23.6 Å². The number of piperidine rings is 1. The smallest absolute Gasteiger partial charge is 0.282 e. The van der Waals surface area contributed by atoms with Crippen molar-refractivity contribution < 1.29 is 9.28 Å². The van der Waals surface area contributed by atoms with Crippen LogP contribution in [0.2, 0.25) is 0 Å². The quantitative estimate of drug-likeness (QED) is 0.348. The van der Waals surface area contributed by atoms with E-state index in [4.69, 9.17) is 0 Å². The van der Waals surface area contributed by atoms with Gasteiger partial charge in [-0.15, -0.1) is 0 Å². The first-order valence-corrected chi connectivity index (χ1v) is 13.3. The fourth-order valence-corrected chi connectivity index (χ4v) is 6.16. The van der Waals surface area contributed by atoms with E-state index >= 15 is 0 Å². The molecule has 4 rings (SSSR count). The van der Waals surface area contributed by atoms with E-state index in [1.807, 2.05) is 0 Å². The van der Waals surface area contributed by atoms with E-state index in [-0.39, 0.29) is 11.9 Å². The predicted octanol–water partition coefficient (Wildman–Crippen LogP) is 7.18. The Morgan fingerprint density at radius 2 is 1.63 bits per heavy atom. The van der Waals surface area contributed by atoms with Crippen LogP contribution in [0.15, 0.2) is 72.8 Å². The molecule has 0 spiro atoms. The van der Waals surface area contributed by atoms with Crippen molar-refractivity contribution in [3.8, 4) is 0 Å². The van der Waals surface area contributed by atoms with E-state index < -0.39 is 0 Å². The third kappa shape index (κ3) is 5.67. The zero-order valence-electron chi connectivity index (χ0n) is 21.9. The lowest BCUT2D eigenvalue weighted by atomic mass is 9.86. The van der Waals surface area contributed by atoms with Crippen LogP contribution in [0.1, 0.15) is 66.8 Å². The monoisotopic (exact) mass is 469 g/mol. The molecule has 3 heteroatoms. The highest BCUT2D eigenvalue weighted by atomic mass is 16.2. The van der Waals surface area contributed by atoms with Crippen molar-refractivity contribution in [1.82, 2.24) is 0 Å². The molecular weight excluding hydrogens is 428 g/mol. The molecule has 35 heavy (non-hydrogen) atoms. The molecule has 184 valence electrons. The Balaban J connectivity index is 1.71. The van der Waals surface area contributed by atoms with Crippen LogP contribution < -0.4 is 5.32 Å². The summed E-state index contributed by atoms with van der Waals surface area (Å²) in [5.74, 6) is 0.631. The second kappa shape index (κ2) is 11.2. The van der Waals surface area contributed by atoms with Gasteiger partial charge in [-0.1, -0.05) is 86.6 Å². The lowest BCUT2D eigenvalue weighted by Gasteiger charge is -2.49. The van der Waals surface area contributed by atoms with Crippen molar-refractivity contribution in [2.75, 3.05) is 18.4 Å². The zero-order valence-corrected chi connectivity index (χ0v) is 21.9. The molecule has 1 aliphatic heterocycles. The van der Waals surface area contributed by atoms with E-state index in [1.54, 1.807) is 0 Å². The molecule has 1 heterocycles. The third-order valence-electron chi connectivity index (χ3n) is 7.99. The minimum absolute atomic E-state index is 0.0919. The van der Waals surface area contributed by atoms with Gasteiger partial charge in [-0.05, 0) is 55.4 Å². The number of aryl methyl sites for hydroxylation is 3. The lowest BCUT2D eigenvalue weighted by Crippen LogP contribution is -2.62. The number of quaternary nitrogens is 1. The molecule has 3 aromatic carbocycles. The van der Waals surface area contributed by atoms with Crippen molar-refractivity contribution in [3.63, 3.8) is 0 Å². The maximum absolute atomic E-state index is 14.0. The standard InChI is InChI=1S/C32H40N2O/c1-5-26-15-11-16-27(21-26)22-34(20-12-19-29(23-34)28-17-8-7-9-18-28)30(6-2)32(35)33-31-24(3)13-10-14-25(31)4/h7-11,13-18,21,29-30H,5-6,12,19-20,22-23H2,1-4H3/p+1. The first kappa shape index (κ1) is 25.2. The Labute approximate surface area is 211 Å². The summed E-state index contributed by atoms with van der Waals surface area (Å²) >= 11 is 0. The van der Waals surface area contributed by atoms with Crippen LogP contribution in [-0.4, -0.2) is 29.5 Å². The maximum atomic E-state index is 14.0. The largest absolute Gasteiger partial charge is 0.320 e. The van der Waals surface area contributed by atoms with Gasteiger partial charge in [0.2, 0.25) is 0 Å². The summed E-state index contributed by atoms with van der Waals surface area (Å²) in [6.45, 7) is 11.5. The van der Waals surface area contributed by atoms with Gasteiger partial charge in [-0.3, -0.25) is 4.79 Å². The van der Waals surface area contributed by atoms with E-state index in [0.717, 1.165) is 60.2 Å². The number of nitrogens with one attached hydrogen (secondary N) is 1. The van der Waals surface area contributed by atoms with Crippen molar-refractivity contribution in [1.29, 1.82) is 0 Å². The van der Waals surface area contributed by atoms with Crippen LogP contribution in [0.4, 0.5) is 5.69 Å². The Hall–Kier alpha value is -2.91. The molecule has 0 bridgehead atoms. The van der Waals surface area contributed by atoms with Gasteiger partial charge >= 0.3 is 0 Å². The highest BCUT2D eigenvalue weighted by molar-refractivity contribution is 5.95. The number of benzene rings is 3. The summed E-state index contributed by atoms with van der Waals surface area (Å²) in [5.41, 5.74) is 7.33. The molecule has 1 N–H and O–H groups in total. The van der Waals surface area contributed by atoms with Gasteiger partial charge < -0.3 is 9.80 Å². The van der Waals surface area contributed by atoms with Gasteiger partial charge in [0.15, 0.2) is 6.04 Å². The number of para-hydroxylation sites is 1. The SMILES string of the molecule is CCc1cccc(C[N+]2(C(CC)C(=O)Nc3c(C)cccc3C)CCCC(c3ccccc3)C2)c1. The van der Waals surface area contributed by atoms with E-state index in [1.165, 1.54) is 23.1 Å². The summed E-state index contributed by atoms with van der Waals surface area (Å²) in [6.07, 6.45) is 4.19. The molecule has 1 fully saturated rings. The Morgan fingerprint density at radius 3 is 2.31 bits per heavy atom. The van der Waals surface area contributed by atoms with E-state index in [2.05, 4.69) is 106 Å². The molecule has 1 saturated heterocycles. The number of rotatable bonds is 8. The summed E-state index contributed by atoms with van der Waals surface area (Å²) in [5, 5.41) is 3.36. The topological polar surface area (TPSA) is 29.1 Å². The summed E-state index contributed by atoms with van der Waals surface area (Å²) in [4.78, 5) is 14.0. The normalized spacial score (nSPS) is 20.9. The number of amides is 1. The first-order valence-electron chi connectivity index (χ1n) is 13.3. The first-order chi connectivity index (χ1) is 17.0. The van der Waals surface area contributed by atoms with Crippen molar-refractivity contribution in [3.05, 3.63) is 101 Å². The predicted molar refractivity (Wildman–Crippen MR) is 147 cm³/mol. The van der Waals surface area contributed by atoms with Crippen LogP contribution in [-0.2, 0) is 17.8 Å². The summed E-state index contributed by atoms with van der Waals surface area (Å²) in [6, 6.07) is 26.0. The molecule has 1 amide bonds. The van der Waals surface area contributed by atoms with Crippen molar-refractivity contribution in [2.45, 2.75) is 71.9 Å². The minimum atomic E-state index is -0.0919. The number of carbonyl (C=O) groups is 1. The van der Waals surface area contributed by atoms with Gasteiger partial charge in [0.05, 0.1) is 13.1 Å². The molecular formula is C32H41N2O+. The second-order valence-electron chi connectivity index (χ2n) is 10.4.